The molecule has 1 heterocycles. The molecule has 3 rings (SSSR count). The zero-order valence-electron chi connectivity index (χ0n) is 17.1. The summed E-state index contributed by atoms with van der Waals surface area (Å²) in [5, 5.41) is 0. The second kappa shape index (κ2) is 9.84. The lowest BCUT2D eigenvalue weighted by molar-refractivity contribution is -0.124. The van der Waals surface area contributed by atoms with Gasteiger partial charge in [-0.05, 0) is 49.9 Å². The Labute approximate surface area is 178 Å². The fourth-order valence-corrected chi connectivity index (χ4v) is 5.18. The lowest BCUT2D eigenvalue weighted by Crippen LogP contribution is -2.50. The van der Waals surface area contributed by atoms with Gasteiger partial charge in [0.1, 0.15) is 0 Å². The number of hydrogen-bond acceptors (Lipinski definition) is 2. The molecule has 0 aliphatic carbocycles. The van der Waals surface area contributed by atoms with Gasteiger partial charge in [-0.15, -0.1) is 0 Å². The summed E-state index contributed by atoms with van der Waals surface area (Å²) < 4.78 is 0. The van der Waals surface area contributed by atoms with Crippen LogP contribution in [-0.2, 0) is 10.2 Å². The van der Waals surface area contributed by atoms with Crippen LogP contribution in [0.1, 0.15) is 50.7 Å². The number of nitrogens with zero attached hydrogens (tertiary/aromatic N) is 1. The summed E-state index contributed by atoms with van der Waals surface area (Å²) in [5.74, 6) is 0.412. The average Bonchev–Trinajstić information content (AvgIpc) is 2.99. The minimum atomic E-state index is -0.655. The molecule has 0 aromatic heterocycles. The van der Waals surface area contributed by atoms with E-state index in [0.29, 0.717) is 0 Å². The molecule has 0 bridgehead atoms. The Hall–Kier alpha value is -1.45. The Bertz CT molecular complexity index is 696. The standard InChI is InChI=1S/C25H32BrNO/c1-20(19-27-17-11-3-4-12-18-27)25(24(28)21(2)26,22-13-7-5-8-14-22)23-15-9-6-10-16-23/h5-10,13-16,20-21H,3-4,11-12,17-19H2,1-2H3/t20-,21+/m0/s1. The molecule has 0 amide bonds. The van der Waals surface area contributed by atoms with Gasteiger partial charge in [-0.25, -0.2) is 0 Å². The lowest BCUT2D eigenvalue weighted by atomic mass is 9.63. The largest absolute Gasteiger partial charge is 0.303 e. The monoisotopic (exact) mass is 441 g/mol. The van der Waals surface area contributed by atoms with E-state index in [9.17, 15) is 4.79 Å². The van der Waals surface area contributed by atoms with Crippen molar-refractivity contribution in [3.8, 4) is 0 Å². The van der Waals surface area contributed by atoms with Gasteiger partial charge in [-0.3, -0.25) is 4.79 Å². The molecule has 150 valence electrons. The Balaban J connectivity index is 2.10. The molecule has 0 saturated carbocycles. The van der Waals surface area contributed by atoms with Gasteiger partial charge in [0.15, 0.2) is 5.78 Å². The minimum absolute atomic E-state index is 0.169. The number of carbonyl (C=O) groups is 1. The highest BCUT2D eigenvalue weighted by Gasteiger charge is 2.47. The second-order valence-corrected chi connectivity index (χ2v) is 9.51. The molecule has 2 atom stereocenters. The number of ketones is 1. The Morgan fingerprint density at radius 3 is 1.79 bits per heavy atom. The molecule has 0 radical (unpaired) electrons. The lowest BCUT2D eigenvalue weighted by Gasteiger charge is -2.42. The van der Waals surface area contributed by atoms with E-state index in [1.54, 1.807) is 0 Å². The summed E-state index contributed by atoms with van der Waals surface area (Å²) in [6.45, 7) is 7.44. The van der Waals surface area contributed by atoms with Crippen molar-refractivity contribution in [3.05, 3.63) is 71.8 Å². The van der Waals surface area contributed by atoms with Crippen molar-refractivity contribution in [3.63, 3.8) is 0 Å². The maximum absolute atomic E-state index is 13.9. The van der Waals surface area contributed by atoms with Gasteiger partial charge in [0.05, 0.1) is 10.2 Å². The van der Waals surface area contributed by atoms with Gasteiger partial charge in [-0.2, -0.15) is 0 Å². The number of rotatable bonds is 7. The Kier molecular flexibility index (Phi) is 7.48. The van der Waals surface area contributed by atoms with Crippen LogP contribution in [0.4, 0.5) is 0 Å². The second-order valence-electron chi connectivity index (χ2n) is 8.14. The SMILES string of the molecule is C[C@@H](Br)C(=O)C(c1ccccc1)(c1ccccc1)[C@@H](C)CN1CCCCCC1. The van der Waals surface area contributed by atoms with E-state index in [0.717, 1.165) is 30.8 Å². The van der Waals surface area contributed by atoms with Gasteiger partial charge < -0.3 is 4.90 Å². The van der Waals surface area contributed by atoms with E-state index in [4.69, 9.17) is 0 Å². The highest BCUT2D eigenvalue weighted by molar-refractivity contribution is 9.10. The van der Waals surface area contributed by atoms with Gasteiger partial charge >= 0.3 is 0 Å². The topological polar surface area (TPSA) is 20.3 Å². The number of alkyl halides is 1. The zero-order chi connectivity index (χ0) is 20.0. The molecule has 2 aromatic carbocycles. The fraction of sp³-hybridized carbons (Fsp3) is 0.480. The van der Waals surface area contributed by atoms with Crippen molar-refractivity contribution in [2.75, 3.05) is 19.6 Å². The predicted molar refractivity (Wildman–Crippen MR) is 121 cm³/mol. The van der Waals surface area contributed by atoms with Crippen LogP contribution in [0.15, 0.2) is 60.7 Å². The van der Waals surface area contributed by atoms with Crippen molar-refractivity contribution < 1.29 is 4.79 Å². The first-order chi connectivity index (χ1) is 13.6. The molecular weight excluding hydrogens is 410 g/mol. The van der Waals surface area contributed by atoms with Crippen LogP contribution in [-0.4, -0.2) is 35.1 Å². The summed E-state index contributed by atoms with van der Waals surface area (Å²) in [7, 11) is 0. The molecule has 0 spiro atoms. The number of carbonyl (C=O) groups excluding carboxylic acids is 1. The molecule has 2 aromatic rings. The third-order valence-corrected chi connectivity index (χ3v) is 6.59. The van der Waals surface area contributed by atoms with Crippen molar-refractivity contribution in [2.45, 2.75) is 49.8 Å². The van der Waals surface area contributed by atoms with Crippen LogP contribution >= 0.6 is 15.9 Å². The summed E-state index contributed by atoms with van der Waals surface area (Å²) in [6, 6.07) is 20.8. The Morgan fingerprint density at radius 1 is 0.893 bits per heavy atom. The summed E-state index contributed by atoms with van der Waals surface area (Å²) in [6.07, 6.45) is 5.17. The van der Waals surface area contributed by atoms with Crippen molar-refractivity contribution in [1.82, 2.24) is 4.90 Å². The van der Waals surface area contributed by atoms with Gasteiger partial charge in [-0.1, -0.05) is 96.4 Å². The van der Waals surface area contributed by atoms with E-state index >= 15 is 0 Å². The first kappa shape index (κ1) is 21.3. The first-order valence-electron chi connectivity index (χ1n) is 10.6. The van der Waals surface area contributed by atoms with Gasteiger partial charge in [0.2, 0.25) is 0 Å². The van der Waals surface area contributed by atoms with Crippen LogP contribution < -0.4 is 0 Å². The average molecular weight is 442 g/mol. The number of halogens is 1. The third kappa shape index (κ3) is 4.41. The maximum Gasteiger partial charge on any atom is 0.161 e. The van der Waals surface area contributed by atoms with E-state index in [1.165, 1.54) is 25.7 Å². The molecule has 3 heteroatoms. The van der Waals surface area contributed by atoms with Gasteiger partial charge in [0.25, 0.3) is 0 Å². The fourth-order valence-electron chi connectivity index (χ4n) is 4.82. The van der Waals surface area contributed by atoms with Crippen molar-refractivity contribution >= 4 is 21.7 Å². The molecule has 1 aliphatic heterocycles. The van der Waals surface area contributed by atoms with Crippen LogP contribution in [0.2, 0.25) is 0 Å². The summed E-state index contributed by atoms with van der Waals surface area (Å²) in [4.78, 5) is 16.2. The number of Topliss-reactive ketones (excluding diaryl/α,β-unsaturated/α-hetero) is 1. The van der Waals surface area contributed by atoms with Crippen molar-refractivity contribution in [1.29, 1.82) is 0 Å². The number of benzene rings is 2. The summed E-state index contributed by atoms with van der Waals surface area (Å²) in [5.41, 5.74) is 1.54. The van der Waals surface area contributed by atoms with Crippen LogP contribution in [0.25, 0.3) is 0 Å². The maximum atomic E-state index is 13.9. The third-order valence-electron chi connectivity index (χ3n) is 6.18. The van der Waals surface area contributed by atoms with E-state index in [2.05, 4.69) is 76.3 Å². The number of likely N-dealkylation sites (tertiary alicyclic amines) is 1. The molecule has 1 fully saturated rings. The molecule has 2 nitrogen and oxygen atoms in total. The highest BCUT2D eigenvalue weighted by Crippen LogP contribution is 2.42. The van der Waals surface area contributed by atoms with Crippen molar-refractivity contribution in [2.24, 2.45) is 5.92 Å². The van der Waals surface area contributed by atoms with E-state index in [-0.39, 0.29) is 16.5 Å². The first-order valence-corrected chi connectivity index (χ1v) is 11.5. The van der Waals surface area contributed by atoms with Gasteiger partial charge in [0, 0.05) is 6.54 Å². The summed E-state index contributed by atoms with van der Waals surface area (Å²) >= 11 is 3.61. The minimum Gasteiger partial charge on any atom is -0.303 e. The molecule has 1 aliphatic rings. The van der Waals surface area contributed by atoms with E-state index in [1.807, 2.05) is 19.1 Å². The molecule has 28 heavy (non-hydrogen) atoms. The zero-order valence-corrected chi connectivity index (χ0v) is 18.7. The molecule has 0 unspecified atom stereocenters. The highest BCUT2D eigenvalue weighted by atomic mass is 79.9. The van der Waals surface area contributed by atoms with Crippen LogP contribution in [0.3, 0.4) is 0 Å². The Morgan fingerprint density at radius 2 is 1.36 bits per heavy atom. The molecule has 1 saturated heterocycles. The van der Waals surface area contributed by atoms with E-state index < -0.39 is 5.41 Å². The number of hydrogen-bond donors (Lipinski definition) is 0. The molecular formula is C25H32BrNO. The molecule has 0 N–H and O–H groups in total. The quantitative estimate of drug-likeness (QED) is 0.503. The predicted octanol–water partition coefficient (Wildman–Crippen LogP) is 5.84. The normalized spacial score (nSPS) is 18.2. The van der Waals surface area contributed by atoms with Crippen LogP contribution in [0.5, 0.6) is 0 Å². The van der Waals surface area contributed by atoms with Crippen LogP contribution in [0, 0.1) is 5.92 Å². The smallest absolute Gasteiger partial charge is 0.161 e.